The Hall–Kier alpha value is -0.340. The maximum Gasteiger partial charge on any atom is 0.00355 e. The smallest absolute Gasteiger partial charge is 0.00355 e. The lowest BCUT2D eigenvalue weighted by Gasteiger charge is -2.20. The zero-order chi connectivity index (χ0) is 11.7. The molecule has 0 heterocycles. The zero-order valence-corrected chi connectivity index (χ0v) is 11.0. The van der Waals surface area contributed by atoms with Crippen LogP contribution in [0.1, 0.15) is 40.0 Å². The largest absolute Gasteiger partial charge is 0.316 e. The van der Waals surface area contributed by atoms with Gasteiger partial charge in [-0.05, 0) is 66.7 Å². The van der Waals surface area contributed by atoms with Gasteiger partial charge in [0, 0.05) is 6.04 Å². The molecule has 0 bridgehead atoms. The Morgan fingerprint density at radius 1 is 1.27 bits per heavy atom. The van der Waals surface area contributed by atoms with E-state index in [2.05, 4.69) is 44.6 Å². The van der Waals surface area contributed by atoms with Crippen molar-refractivity contribution >= 4 is 0 Å². The summed E-state index contributed by atoms with van der Waals surface area (Å²) in [5.41, 5.74) is 1.27. The Labute approximate surface area is 95.7 Å². The fourth-order valence-corrected chi connectivity index (χ4v) is 1.30. The highest BCUT2D eigenvalue weighted by Crippen LogP contribution is 1.97. The molecule has 0 fully saturated rings. The zero-order valence-electron chi connectivity index (χ0n) is 11.0. The van der Waals surface area contributed by atoms with E-state index >= 15 is 0 Å². The van der Waals surface area contributed by atoms with Crippen LogP contribution in [-0.4, -0.2) is 37.6 Å². The molecular weight excluding hydrogens is 184 g/mol. The molecule has 0 aromatic rings. The minimum atomic E-state index is 0.668. The van der Waals surface area contributed by atoms with Crippen molar-refractivity contribution in [2.45, 2.75) is 46.1 Å². The van der Waals surface area contributed by atoms with Gasteiger partial charge in [0.2, 0.25) is 0 Å². The third kappa shape index (κ3) is 9.95. The van der Waals surface area contributed by atoms with E-state index in [0.29, 0.717) is 6.04 Å². The minimum absolute atomic E-state index is 0.668. The van der Waals surface area contributed by atoms with E-state index in [1.54, 1.807) is 0 Å². The molecule has 0 aliphatic rings. The van der Waals surface area contributed by atoms with Crippen LogP contribution in [0.4, 0.5) is 0 Å². The molecular formula is C13H28N2. The van der Waals surface area contributed by atoms with E-state index in [4.69, 9.17) is 0 Å². The standard InChI is InChI=1S/C13H28N2/c1-12(2)8-10-14-9-6-7-11-15(5)13(3)4/h13-14H,1,6-11H2,2-5H3. The molecule has 0 saturated heterocycles. The fourth-order valence-electron chi connectivity index (χ4n) is 1.30. The molecule has 0 aromatic heterocycles. The van der Waals surface area contributed by atoms with Crippen LogP contribution in [0.5, 0.6) is 0 Å². The third-order valence-corrected chi connectivity index (χ3v) is 2.72. The van der Waals surface area contributed by atoms with Gasteiger partial charge in [0.15, 0.2) is 0 Å². The van der Waals surface area contributed by atoms with Crippen molar-refractivity contribution in [3.63, 3.8) is 0 Å². The second-order valence-electron chi connectivity index (χ2n) is 4.74. The number of hydrogen-bond donors (Lipinski definition) is 1. The lowest BCUT2D eigenvalue weighted by Crippen LogP contribution is -2.28. The van der Waals surface area contributed by atoms with Crippen LogP contribution in [0, 0.1) is 0 Å². The summed E-state index contributed by atoms with van der Waals surface area (Å²) < 4.78 is 0. The van der Waals surface area contributed by atoms with Crippen LogP contribution >= 0.6 is 0 Å². The van der Waals surface area contributed by atoms with E-state index in [9.17, 15) is 0 Å². The van der Waals surface area contributed by atoms with Crippen molar-refractivity contribution in [1.82, 2.24) is 10.2 Å². The SMILES string of the molecule is C=C(C)CCNCCCCN(C)C(C)C. The van der Waals surface area contributed by atoms with Gasteiger partial charge in [-0.2, -0.15) is 0 Å². The summed E-state index contributed by atoms with van der Waals surface area (Å²) in [6.45, 7) is 13.9. The van der Waals surface area contributed by atoms with Crippen molar-refractivity contribution in [3.05, 3.63) is 12.2 Å². The number of nitrogens with one attached hydrogen (secondary N) is 1. The van der Waals surface area contributed by atoms with Crippen LogP contribution in [-0.2, 0) is 0 Å². The molecule has 0 atom stereocenters. The third-order valence-electron chi connectivity index (χ3n) is 2.72. The number of unbranched alkanes of at least 4 members (excludes halogenated alkanes) is 1. The summed E-state index contributed by atoms with van der Waals surface area (Å²) in [7, 11) is 2.19. The Morgan fingerprint density at radius 3 is 2.47 bits per heavy atom. The summed E-state index contributed by atoms with van der Waals surface area (Å²) in [5.74, 6) is 0. The Balaban J connectivity index is 3.15. The second-order valence-corrected chi connectivity index (χ2v) is 4.74. The molecule has 2 heteroatoms. The van der Waals surface area contributed by atoms with Crippen molar-refractivity contribution in [3.8, 4) is 0 Å². The highest BCUT2D eigenvalue weighted by molar-refractivity contribution is 4.88. The summed E-state index contributed by atoms with van der Waals surface area (Å²) in [5, 5.41) is 3.44. The van der Waals surface area contributed by atoms with Crippen molar-refractivity contribution in [1.29, 1.82) is 0 Å². The molecule has 0 aromatic carbocycles. The van der Waals surface area contributed by atoms with Gasteiger partial charge in [-0.15, -0.1) is 6.58 Å². The average molecular weight is 212 g/mol. The second kappa shape index (κ2) is 8.93. The lowest BCUT2D eigenvalue weighted by atomic mass is 10.2. The summed E-state index contributed by atoms with van der Waals surface area (Å²) >= 11 is 0. The van der Waals surface area contributed by atoms with Gasteiger partial charge < -0.3 is 10.2 Å². The van der Waals surface area contributed by atoms with Crippen molar-refractivity contribution in [2.24, 2.45) is 0 Å². The summed E-state index contributed by atoms with van der Waals surface area (Å²) in [6.07, 6.45) is 3.66. The molecule has 0 unspecified atom stereocenters. The first-order valence-corrected chi connectivity index (χ1v) is 6.09. The topological polar surface area (TPSA) is 15.3 Å². The maximum atomic E-state index is 3.89. The van der Waals surface area contributed by atoms with Crippen LogP contribution in [0.2, 0.25) is 0 Å². The van der Waals surface area contributed by atoms with E-state index in [-0.39, 0.29) is 0 Å². The fraction of sp³-hybridized carbons (Fsp3) is 0.846. The van der Waals surface area contributed by atoms with E-state index in [1.165, 1.54) is 25.0 Å². The van der Waals surface area contributed by atoms with Crippen LogP contribution < -0.4 is 5.32 Å². The van der Waals surface area contributed by atoms with Gasteiger partial charge in [-0.25, -0.2) is 0 Å². The number of nitrogens with zero attached hydrogens (tertiary/aromatic N) is 1. The molecule has 0 radical (unpaired) electrons. The molecule has 90 valence electrons. The Morgan fingerprint density at radius 2 is 1.93 bits per heavy atom. The van der Waals surface area contributed by atoms with Gasteiger partial charge in [-0.1, -0.05) is 5.57 Å². The summed E-state index contributed by atoms with van der Waals surface area (Å²) in [4.78, 5) is 2.40. The Bertz CT molecular complexity index is 164. The van der Waals surface area contributed by atoms with Gasteiger partial charge in [0.05, 0.1) is 0 Å². The first-order valence-electron chi connectivity index (χ1n) is 6.09. The van der Waals surface area contributed by atoms with Gasteiger partial charge in [0.1, 0.15) is 0 Å². The first-order chi connectivity index (χ1) is 7.04. The number of hydrogen-bond acceptors (Lipinski definition) is 2. The minimum Gasteiger partial charge on any atom is -0.316 e. The molecule has 0 spiro atoms. The first kappa shape index (κ1) is 14.7. The molecule has 1 N–H and O–H groups in total. The van der Waals surface area contributed by atoms with Gasteiger partial charge in [0.25, 0.3) is 0 Å². The predicted octanol–water partition coefficient (Wildman–Crippen LogP) is 2.66. The van der Waals surface area contributed by atoms with Gasteiger partial charge >= 0.3 is 0 Å². The quantitative estimate of drug-likeness (QED) is 0.467. The van der Waals surface area contributed by atoms with Crippen molar-refractivity contribution < 1.29 is 0 Å². The van der Waals surface area contributed by atoms with E-state index in [1.807, 2.05) is 0 Å². The highest BCUT2D eigenvalue weighted by atomic mass is 15.1. The average Bonchev–Trinajstić information content (AvgIpc) is 2.15. The van der Waals surface area contributed by atoms with E-state index in [0.717, 1.165) is 19.5 Å². The predicted molar refractivity (Wildman–Crippen MR) is 69.3 cm³/mol. The number of rotatable bonds is 9. The van der Waals surface area contributed by atoms with Crippen LogP contribution in [0.15, 0.2) is 12.2 Å². The van der Waals surface area contributed by atoms with Crippen LogP contribution in [0.25, 0.3) is 0 Å². The van der Waals surface area contributed by atoms with Crippen LogP contribution in [0.3, 0.4) is 0 Å². The Kier molecular flexibility index (Phi) is 8.73. The maximum absolute atomic E-state index is 3.89. The lowest BCUT2D eigenvalue weighted by molar-refractivity contribution is 0.268. The molecule has 0 aliphatic carbocycles. The molecule has 0 saturated carbocycles. The van der Waals surface area contributed by atoms with Crippen molar-refractivity contribution in [2.75, 3.05) is 26.7 Å². The molecule has 0 amide bonds. The summed E-state index contributed by atoms with van der Waals surface area (Å²) in [6, 6.07) is 0.668. The molecule has 15 heavy (non-hydrogen) atoms. The normalized spacial score (nSPS) is 11.3. The van der Waals surface area contributed by atoms with Gasteiger partial charge in [-0.3, -0.25) is 0 Å². The molecule has 0 aliphatic heterocycles. The molecule has 0 rings (SSSR count). The highest BCUT2D eigenvalue weighted by Gasteiger charge is 2.01. The molecule has 2 nitrogen and oxygen atoms in total. The monoisotopic (exact) mass is 212 g/mol. The van der Waals surface area contributed by atoms with E-state index < -0.39 is 0 Å².